The average Bonchev–Trinajstić information content (AvgIpc) is 2.84. The number of amides is 1. The highest BCUT2D eigenvalue weighted by Crippen LogP contribution is 2.25. The van der Waals surface area contributed by atoms with Gasteiger partial charge in [0.2, 0.25) is 10.0 Å². The quantitative estimate of drug-likeness (QED) is 0.601. The molecule has 1 aliphatic heterocycles. The first-order valence-corrected chi connectivity index (χ1v) is 12.4. The van der Waals surface area contributed by atoms with Crippen molar-refractivity contribution in [3.63, 3.8) is 0 Å². The number of sulfonamides is 1. The summed E-state index contributed by atoms with van der Waals surface area (Å²) in [5, 5.41) is 3.12. The van der Waals surface area contributed by atoms with Crippen LogP contribution in [0, 0.1) is 13.8 Å². The maximum atomic E-state index is 13.4. The first-order valence-electron chi connectivity index (χ1n) is 11.0. The van der Waals surface area contributed by atoms with Crippen LogP contribution in [0.15, 0.2) is 77.7 Å². The van der Waals surface area contributed by atoms with Crippen LogP contribution in [0.1, 0.15) is 38.7 Å². The first kappa shape index (κ1) is 23.2. The molecule has 6 nitrogen and oxygen atoms in total. The molecule has 172 valence electrons. The average molecular weight is 465 g/mol. The first-order chi connectivity index (χ1) is 15.9. The number of nitrogens with zero attached hydrogens (tertiary/aromatic N) is 1. The van der Waals surface area contributed by atoms with Gasteiger partial charge >= 0.3 is 0 Å². The fourth-order valence-electron chi connectivity index (χ4n) is 3.91. The van der Waals surface area contributed by atoms with Gasteiger partial charge < -0.3 is 10.1 Å². The fourth-order valence-corrected chi connectivity index (χ4v) is 5.35. The third-order valence-electron chi connectivity index (χ3n) is 5.88. The molecule has 1 heterocycles. The summed E-state index contributed by atoms with van der Waals surface area (Å²) in [7, 11) is -3.70. The van der Waals surface area contributed by atoms with Gasteiger partial charge in [-0.1, -0.05) is 66.2 Å². The van der Waals surface area contributed by atoms with Crippen molar-refractivity contribution in [1.82, 2.24) is 9.62 Å². The third-order valence-corrected chi connectivity index (χ3v) is 7.78. The zero-order valence-corrected chi connectivity index (χ0v) is 19.6. The molecule has 0 saturated carbocycles. The van der Waals surface area contributed by atoms with E-state index >= 15 is 0 Å². The molecule has 0 spiro atoms. The number of aryl methyl sites for hydroxylation is 2. The van der Waals surface area contributed by atoms with Gasteiger partial charge in [-0.2, -0.15) is 4.31 Å². The molecular weight excluding hydrogens is 436 g/mol. The molecular formula is C26H28N2O4S. The number of morpholine rings is 1. The maximum absolute atomic E-state index is 13.4. The topological polar surface area (TPSA) is 75.7 Å². The summed E-state index contributed by atoms with van der Waals surface area (Å²) in [6.07, 6.45) is 0. The molecule has 1 aliphatic rings. The second kappa shape index (κ2) is 9.87. The van der Waals surface area contributed by atoms with Crippen molar-refractivity contribution in [3.8, 4) is 0 Å². The van der Waals surface area contributed by atoms with Crippen LogP contribution < -0.4 is 5.32 Å². The smallest absolute Gasteiger partial charge is 0.252 e. The van der Waals surface area contributed by atoms with Gasteiger partial charge in [-0.25, -0.2) is 8.42 Å². The molecule has 3 aromatic rings. The number of hydrogen-bond acceptors (Lipinski definition) is 4. The van der Waals surface area contributed by atoms with E-state index in [1.54, 1.807) is 12.1 Å². The zero-order valence-electron chi connectivity index (χ0n) is 18.8. The highest BCUT2D eigenvalue weighted by atomic mass is 32.2. The Kier molecular flexibility index (Phi) is 6.93. The minimum absolute atomic E-state index is 0.117. The van der Waals surface area contributed by atoms with E-state index in [1.165, 1.54) is 10.4 Å². The molecule has 0 aromatic heterocycles. The molecule has 0 aliphatic carbocycles. The molecule has 1 N–H and O–H groups in total. The summed E-state index contributed by atoms with van der Waals surface area (Å²) in [4.78, 5) is 13.5. The van der Waals surface area contributed by atoms with Crippen LogP contribution in [0.5, 0.6) is 0 Å². The maximum Gasteiger partial charge on any atom is 0.252 e. The highest BCUT2D eigenvalue weighted by Gasteiger charge is 2.28. The number of benzene rings is 3. The highest BCUT2D eigenvalue weighted by molar-refractivity contribution is 7.89. The Balaban J connectivity index is 1.66. The lowest BCUT2D eigenvalue weighted by Gasteiger charge is -2.26. The zero-order chi connectivity index (χ0) is 23.4. The molecule has 4 rings (SSSR count). The Hall–Kier alpha value is -3.00. The number of carbonyl (C=O) groups excluding carboxylic acids is 1. The predicted molar refractivity (Wildman–Crippen MR) is 128 cm³/mol. The minimum atomic E-state index is -3.70. The van der Waals surface area contributed by atoms with Gasteiger partial charge in [-0.3, -0.25) is 4.79 Å². The van der Waals surface area contributed by atoms with Gasteiger partial charge in [0.25, 0.3) is 5.91 Å². The summed E-state index contributed by atoms with van der Waals surface area (Å²) in [5.74, 6) is -0.319. The van der Waals surface area contributed by atoms with E-state index in [0.29, 0.717) is 37.4 Å². The SMILES string of the molecule is Cc1ccc(C(NC(=O)c2cc(S(=O)(=O)N3CCOCC3)ccc2C)c2ccccc2)cc1. The van der Waals surface area contributed by atoms with Crippen LogP contribution in [0.25, 0.3) is 0 Å². The van der Waals surface area contributed by atoms with E-state index in [2.05, 4.69) is 5.32 Å². The van der Waals surface area contributed by atoms with Crippen molar-refractivity contribution in [1.29, 1.82) is 0 Å². The van der Waals surface area contributed by atoms with Gasteiger partial charge in [-0.05, 0) is 42.7 Å². The Morgan fingerprint density at radius 1 is 0.909 bits per heavy atom. The van der Waals surface area contributed by atoms with Crippen molar-refractivity contribution in [2.75, 3.05) is 26.3 Å². The monoisotopic (exact) mass is 464 g/mol. The standard InChI is InChI=1S/C26H28N2O4S/c1-19-8-11-22(12-9-19)25(21-6-4-3-5-7-21)27-26(29)24-18-23(13-10-20(24)2)33(30,31)28-14-16-32-17-15-28/h3-13,18,25H,14-17H2,1-2H3,(H,27,29). The number of carbonyl (C=O) groups is 1. The third kappa shape index (κ3) is 5.16. The Bertz CT molecular complexity index is 1220. The largest absolute Gasteiger partial charge is 0.379 e. The molecule has 0 radical (unpaired) electrons. The van der Waals surface area contributed by atoms with Crippen LogP contribution >= 0.6 is 0 Å². The summed E-state index contributed by atoms with van der Waals surface area (Å²) < 4.78 is 32.9. The van der Waals surface area contributed by atoms with Crippen LogP contribution in [0.2, 0.25) is 0 Å². The van der Waals surface area contributed by atoms with Crippen molar-refractivity contribution in [2.45, 2.75) is 24.8 Å². The van der Waals surface area contributed by atoms with Crippen LogP contribution in [-0.2, 0) is 14.8 Å². The number of hydrogen-bond donors (Lipinski definition) is 1. The van der Waals surface area contributed by atoms with E-state index < -0.39 is 10.0 Å². The summed E-state index contributed by atoms with van der Waals surface area (Å²) >= 11 is 0. The number of nitrogens with one attached hydrogen (secondary N) is 1. The summed E-state index contributed by atoms with van der Waals surface area (Å²) in [5.41, 5.74) is 4.09. The van der Waals surface area contributed by atoms with E-state index in [4.69, 9.17) is 4.74 Å². The van der Waals surface area contributed by atoms with Gasteiger partial charge in [0.05, 0.1) is 24.2 Å². The Morgan fingerprint density at radius 3 is 2.21 bits per heavy atom. The summed E-state index contributed by atoms with van der Waals surface area (Å²) in [6, 6.07) is 22.1. The van der Waals surface area contributed by atoms with E-state index in [9.17, 15) is 13.2 Å². The van der Waals surface area contributed by atoms with Crippen molar-refractivity contribution >= 4 is 15.9 Å². The van der Waals surface area contributed by atoms with Gasteiger partial charge in [0.15, 0.2) is 0 Å². The predicted octanol–water partition coefficient (Wildman–Crippen LogP) is 3.84. The molecule has 0 bridgehead atoms. The number of rotatable bonds is 6. The van der Waals surface area contributed by atoms with Crippen molar-refractivity contribution < 1.29 is 17.9 Å². The minimum Gasteiger partial charge on any atom is -0.379 e. The second-order valence-corrected chi connectivity index (χ2v) is 10.2. The lowest BCUT2D eigenvalue weighted by molar-refractivity contribution is 0.0730. The van der Waals surface area contributed by atoms with Crippen molar-refractivity contribution in [2.24, 2.45) is 0 Å². The molecule has 7 heteroatoms. The molecule has 1 amide bonds. The summed E-state index contributed by atoms with van der Waals surface area (Å²) in [6.45, 7) is 5.18. The van der Waals surface area contributed by atoms with E-state index in [-0.39, 0.29) is 16.8 Å². The van der Waals surface area contributed by atoms with Crippen LogP contribution in [0.3, 0.4) is 0 Å². The van der Waals surface area contributed by atoms with Gasteiger partial charge in [0, 0.05) is 18.7 Å². The molecule has 1 saturated heterocycles. The molecule has 3 aromatic carbocycles. The van der Waals surface area contributed by atoms with Gasteiger partial charge in [0.1, 0.15) is 0 Å². The Morgan fingerprint density at radius 2 is 1.55 bits per heavy atom. The molecule has 1 unspecified atom stereocenters. The molecule has 1 atom stereocenters. The van der Waals surface area contributed by atoms with E-state index in [0.717, 1.165) is 16.7 Å². The number of ether oxygens (including phenoxy) is 1. The Labute approximate surface area is 195 Å². The lowest BCUT2D eigenvalue weighted by Crippen LogP contribution is -2.40. The lowest BCUT2D eigenvalue weighted by atomic mass is 9.97. The van der Waals surface area contributed by atoms with Gasteiger partial charge in [-0.15, -0.1) is 0 Å². The second-order valence-electron chi connectivity index (χ2n) is 8.22. The van der Waals surface area contributed by atoms with Crippen LogP contribution in [0.4, 0.5) is 0 Å². The van der Waals surface area contributed by atoms with Crippen LogP contribution in [-0.4, -0.2) is 44.9 Å². The van der Waals surface area contributed by atoms with Crippen molar-refractivity contribution in [3.05, 3.63) is 101 Å². The normalized spacial score (nSPS) is 15.7. The molecule has 33 heavy (non-hydrogen) atoms. The molecule has 1 fully saturated rings. The van der Waals surface area contributed by atoms with E-state index in [1.807, 2.05) is 68.4 Å². The fraction of sp³-hybridized carbons (Fsp3) is 0.269.